The molecule has 0 aliphatic heterocycles. The van der Waals surface area contributed by atoms with Gasteiger partial charge in [-0.1, -0.05) is 62.7 Å². The van der Waals surface area contributed by atoms with Crippen molar-refractivity contribution in [3.63, 3.8) is 0 Å². The van der Waals surface area contributed by atoms with Crippen LogP contribution in [0, 0.1) is 5.82 Å². The van der Waals surface area contributed by atoms with Crippen molar-refractivity contribution in [2.24, 2.45) is 0 Å². The van der Waals surface area contributed by atoms with E-state index in [9.17, 15) is 17.6 Å². The number of benzene rings is 3. The molecule has 0 aliphatic rings. The highest BCUT2D eigenvalue weighted by Gasteiger charge is 2.37. The molecule has 7 nitrogen and oxygen atoms in total. The van der Waals surface area contributed by atoms with Gasteiger partial charge in [-0.3, -0.25) is 4.72 Å². The zero-order chi connectivity index (χ0) is 29.9. The third kappa shape index (κ3) is 7.04. The van der Waals surface area contributed by atoms with Crippen molar-refractivity contribution in [2.75, 3.05) is 25.5 Å². The van der Waals surface area contributed by atoms with Crippen molar-refractivity contribution >= 4 is 41.6 Å². The van der Waals surface area contributed by atoms with E-state index in [2.05, 4.69) is 43.3 Å². The molecule has 0 aliphatic carbocycles. The summed E-state index contributed by atoms with van der Waals surface area (Å²) in [6.07, 6.45) is 0.636. The first-order valence-corrected chi connectivity index (χ1v) is 17.4. The fourth-order valence-corrected chi connectivity index (χ4v) is 6.50. The predicted octanol–water partition coefficient (Wildman–Crippen LogP) is 7.31. The number of carbonyl (C=O) groups excluding carboxylic acids is 1. The SMILES string of the molecule is COC(=O)c1cc(Cl)c(OC)c(S(=O)(=O)Nc2cc(-c3ccccc3CCO[Si](C)(C)C(C)(C)C)ccc2F)c1. The predicted molar refractivity (Wildman–Crippen MR) is 159 cm³/mol. The Balaban J connectivity index is 1.96. The van der Waals surface area contributed by atoms with Gasteiger partial charge in [0.05, 0.1) is 30.5 Å². The maximum Gasteiger partial charge on any atom is 0.337 e. The van der Waals surface area contributed by atoms with E-state index in [4.69, 9.17) is 20.8 Å². The van der Waals surface area contributed by atoms with E-state index in [0.717, 1.165) is 24.3 Å². The van der Waals surface area contributed by atoms with Gasteiger partial charge >= 0.3 is 5.97 Å². The Labute approximate surface area is 241 Å². The second-order valence-electron chi connectivity index (χ2n) is 10.8. The topological polar surface area (TPSA) is 90.9 Å². The maximum absolute atomic E-state index is 14.9. The van der Waals surface area contributed by atoms with Crippen LogP contribution in [0.3, 0.4) is 0 Å². The number of esters is 1. The van der Waals surface area contributed by atoms with Crippen LogP contribution >= 0.6 is 11.6 Å². The summed E-state index contributed by atoms with van der Waals surface area (Å²) < 4.78 is 60.2. The van der Waals surface area contributed by atoms with E-state index in [1.807, 2.05) is 24.3 Å². The van der Waals surface area contributed by atoms with Gasteiger partial charge < -0.3 is 13.9 Å². The van der Waals surface area contributed by atoms with Crippen LogP contribution in [-0.2, 0) is 25.6 Å². The smallest absolute Gasteiger partial charge is 0.337 e. The highest BCUT2D eigenvalue weighted by Crippen LogP contribution is 2.38. The van der Waals surface area contributed by atoms with Crippen LogP contribution in [0.5, 0.6) is 5.75 Å². The third-order valence-electron chi connectivity index (χ3n) is 7.10. The lowest BCUT2D eigenvalue weighted by molar-refractivity contribution is 0.0600. The first-order valence-electron chi connectivity index (χ1n) is 12.6. The van der Waals surface area contributed by atoms with Crippen LogP contribution < -0.4 is 9.46 Å². The molecule has 0 heterocycles. The van der Waals surface area contributed by atoms with Crippen molar-refractivity contribution in [1.29, 1.82) is 0 Å². The molecule has 0 bridgehead atoms. The second kappa shape index (κ2) is 12.3. The summed E-state index contributed by atoms with van der Waals surface area (Å²) in [5.41, 5.74) is 2.06. The lowest BCUT2D eigenvalue weighted by atomic mass is 9.97. The molecular weight excluding hydrogens is 573 g/mol. The number of ether oxygens (including phenoxy) is 2. The monoisotopic (exact) mass is 607 g/mol. The van der Waals surface area contributed by atoms with Gasteiger partial charge in [-0.15, -0.1) is 0 Å². The van der Waals surface area contributed by atoms with Gasteiger partial charge in [-0.25, -0.2) is 17.6 Å². The molecule has 216 valence electrons. The summed E-state index contributed by atoms with van der Waals surface area (Å²) in [6, 6.07) is 14.2. The average Bonchev–Trinajstić information content (AvgIpc) is 2.88. The molecule has 0 radical (unpaired) electrons. The molecule has 0 atom stereocenters. The Bertz CT molecular complexity index is 1500. The maximum atomic E-state index is 14.9. The largest absolute Gasteiger partial charge is 0.494 e. The van der Waals surface area contributed by atoms with E-state index < -0.39 is 35.0 Å². The Hall–Kier alpha value is -2.92. The minimum atomic E-state index is -4.44. The van der Waals surface area contributed by atoms with E-state index in [1.165, 1.54) is 25.3 Å². The fraction of sp³-hybridized carbons (Fsp3) is 0.345. The molecule has 3 aromatic carbocycles. The highest BCUT2D eigenvalue weighted by atomic mass is 35.5. The Morgan fingerprint density at radius 2 is 1.73 bits per heavy atom. The number of carbonyl (C=O) groups is 1. The first-order chi connectivity index (χ1) is 18.6. The van der Waals surface area contributed by atoms with Gasteiger partial charge in [-0.2, -0.15) is 0 Å². The van der Waals surface area contributed by atoms with Crippen molar-refractivity contribution in [3.8, 4) is 16.9 Å². The van der Waals surface area contributed by atoms with Crippen LogP contribution in [0.1, 0.15) is 36.7 Å². The van der Waals surface area contributed by atoms with E-state index in [-0.39, 0.29) is 27.1 Å². The summed E-state index contributed by atoms with van der Waals surface area (Å²) >= 11 is 6.19. The number of methoxy groups -OCH3 is 2. The normalized spacial score (nSPS) is 12.2. The first kappa shape index (κ1) is 31.6. The number of rotatable bonds is 10. The molecular formula is C29H35ClFNO6SSi. The molecule has 40 heavy (non-hydrogen) atoms. The Morgan fingerprint density at radius 1 is 1.05 bits per heavy atom. The molecule has 0 saturated heterocycles. The van der Waals surface area contributed by atoms with Gasteiger partial charge in [-0.05, 0) is 65.5 Å². The van der Waals surface area contributed by atoms with Crippen molar-refractivity contribution in [3.05, 3.63) is 76.6 Å². The van der Waals surface area contributed by atoms with Crippen molar-refractivity contribution in [1.82, 2.24) is 0 Å². The van der Waals surface area contributed by atoms with Gasteiger partial charge in [0, 0.05) is 6.61 Å². The molecule has 0 amide bonds. The zero-order valence-corrected chi connectivity index (χ0v) is 26.3. The van der Waals surface area contributed by atoms with Crippen LogP contribution in [0.2, 0.25) is 23.2 Å². The van der Waals surface area contributed by atoms with E-state index >= 15 is 0 Å². The lowest BCUT2D eigenvalue weighted by Gasteiger charge is -2.36. The molecule has 3 rings (SSSR count). The fourth-order valence-electron chi connectivity index (χ4n) is 3.82. The number of halogens is 2. The van der Waals surface area contributed by atoms with Crippen LogP contribution in [-0.4, -0.2) is 43.5 Å². The average molecular weight is 608 g/mol. The Morgan fingerprint density at radius 3 is 2.35 bits per heavy atom. The Kier molecular flexibility index (Phi) is 9.72. The highest BCUT2D eigenvalue weighted by molar-refractivity contribution is 7.92. The summed E-state index contributed by atoms with van der Waals surface area (Å²) in [5, 5.41) is -0.0347. The molecule has 11 heteroatoms. The number of sulfonamides is 1. The molecule has 0 spiro atoms. The molecule has 0 aromatic heterocycles. The van der Waals surface area contributed by atoms with Gasteiger partial charge in [0.25, 0.3) is 10.0 Å². The minimum Gasteiger partial charge on any atom is -0.494 e. The lowest BCUT2D eigenvalue weighted by Crippen LogP contribution is -2.41. The summed E-state index contributed by atoms with van der Waals surface area (Å²) in [5.74, 6) is -1.76. The molecule has 0 fully saturated rings. The third-order valence-corrected chi connectivity index (χ3v) is 13.3. The van der Waals surface area contributed by atoms with Crippen molar-refractivity contribution < 1.29 is 31.5 Å². The zero-order valence-electron chi connectivity index (χ0n) is 23.7. The summed E-state index contributed by atoms with van der Waals surface area (Å²) in [7, 11) is -3.97. The van der Waals surface area contributed by atoms with Crippen LogP contribution in [0.25, 0.3) is 11.1 Å². The van der Waals surface area contributed by atoms with Gasteiger partial charge in [0.2, 0.25) is 0 Å². The van der Waals surface area contributed by atoms with E-state index in [0.29, 0.717) is 18.6 Å². The molecule has 0 saturated carbocycles. The molecule has 0 unspecified atom stereocenters. The van der Waals surface area contributed by atoms with Gasteiger partial charge in [0.1, 0.15) is 10.7 Å². The molecule has 1 N–H and O–H groups in total. The number of nitrogens with one attached hydrogen (secondary N) is 1. The number of hydrogen-bond acceptors (Lipinski definition) is 6. The molecule has 3 aromatic rings. The minimum absolute atomic E-state index is 0.0822. The number of anilines is 1. The van der Waals surface area contributed by atoms with Gasteiger partial charge in [0.15, 0.2) is 14.1 Å². The quantitative estimate of drug-likeness (QED) is 0.192. The van der Waals surface area contributed by atoms with Crippen molar-refractivity contribution in [2.45, 2.75) is 50.2 Å². The second-order valence-corrected chi connectivity index (χ2v) is 17.7. The number of hydrogen-bond donors (Lipinski definition) is 1. The summed E-state index contributed by atoms with van der Waals surface area (Å²) in [6.45, 7) is 11.5. The van der Waals surface area contributed by atoms with E-state index in [1.54, 1.807) is 6.07 Å². The van der Waals surface area contributed by atoms with Crippen LogP contribution in [0.15, 0.2) is 59.5 Å². The standard InChI is InChI=1S/C29H35ClFNO6SSi/c1-29(2,3)40(6,7)38-15-14-19-10-8-9-11-22(19)20-12-13-24(31)25(17-20)32-39(34,35)26-18-21(28(33)37-5)16-23(30)27(26)36-4/h8-13,16-18,32H,14-15H2,1-7H3. The van der Waals surface area contributed by atoms with Crippen LogP contribution in [0.4, 0.5) is 10.1 Å². The summed E-state index contributed by atoms with van der Waals surface area (Å²) in [4.78, 5) is 11.6.